The van der Waals surface area contributed by atoms with Gasteiger partial charge in [0.25, 0.3) is 0 Å². The molecule has 4 nitrogen and oxygen atoms in total. The second-order valence-electron chi connectivity index (χ2n) is 5.84. The van der Waals surface area contributed by atoms with E-state index in [0.29, 0.717) is 5.82 Å². The number of anilines is 3. The lowest BCUT2D eigenvalue weighted by molar-refractivity contribution is 0.586. The van der Waals surface area contributed by atoms with Crippen LogP contribution in [0.1, 0.15) is 26.5 Å². The lowest BCUT2D eigenvalue weighted by Crippen LogP contribution is -2.27. The van der Waals surface area contributed by atoms with Gasteiger partial charge < -0.3 is 10.6 Å². The Kier molecular flexibility index (Phi) is 4.06. The molecule has 0 fully saturated rings. The summed E-state index contributed by atoms with van der Waals surface area (Å²) in [6, 6.07) is 5.10. The molecule has 21 heavy (non-hydrogen) atoms. The molecule has 0 aliphatic heterocycles. The summed E-state index contributed by atoms with van der Waals surface area (Å²) >= 11 is 0. The van der Waals surface area contributed by atoms with Crippen LogP contribution in [0.4, 0.5) is 26.2 Å². The SMILES string of the molecule is Cc1cc(NC(C)(C)C)nc(Nc2ccc(F)cc2F)n1. The van der Waals surface area contributed by atoms with Gasteiger partial charge in [-0.1, -0.05) is 0 Å². The van der Waals surface area contributed by atoms with Crippen molar-refractivity contribution >= 4 is 17.5 Å². The molecule has 0 atom stereocenters. The quantitative estimate of drug-likeness (QED) is 0.897. The summed E-state index contributed by atoms with van der Waals surface area (Å²) in [6.07, 6.45) is 0. The number of halogens is 2. The maximum absolute atomic E-state index is 13.6. The molecule has 2 aromatic rings. The molecule has 2 rings (SSSR count). The number of nitrogens with zero attached hydrogens (tertiary/aromatic N) is 2. The smallest absolute Gasteiger partial charge is 0.229 e. The van der Waals surface area contributed by atoms with Crippen LogP contribution in [0.25, 0.3) is 0 Å². The summed E-state index contributed by atoms with van der Waals surface area (Å²) in [5, 5.41) is 5.99. The molecule has 0 saturated carbocycles. The van der Waals surface area contributed by atoms with Crippen molar-refractivity contribution in [2.45, 2.75) is 33.2 Å². The Morgan fingerprint density at radius 3 is 2.38 bits per heavy atom. The van der Waals surface area contributed by atoms with Crippen molar-refractivity contribution < 1.29 is 8.78 Å². The van der Waals surface area contributed by atoms with Crippen molar-refractivity contribution in [1.29, 1.82) is 0 Å². The van der Waals surface area contributed by atoms with Crippen LogP contribution < -0.4 is 10.6 Å². The fourth-order valence-electron chi connectivity index (χ4n) is 1.78. The summed E-state index contributed by atoms with van der Waals surface area (Å²) in [5.41, 5.74) is 0.713. The van der Waals surface area contributed by atoms with E-state index in [4.69, 9.17) is 0 Å². The number of hydrogen-bond donors (Lipinski definition) is 2. The Morgan fingerprint density at radius 1 is 1.05 bits per heavy atom. The van der Waals surface area contributed by atoms with Crippen molar-refractivity contribution in [3.63, 3.8) is 0 Å². The van der Waals surface area contributed by atoms with Gasteiger partial charge in [-0.15, -0.1) is 0 Å². The summed E-state index contributed by atoms with van der Waals surface area (Å²) in [5.74, 6) is -0.420. The molecule has 1 aromatic heterocycles. The zero-order chi connectivity index (χ0) is 15.6. The molecule has 0 aliphatic rings. The molecule has 6 heteroatoms. The van der Waals surface area contributed by atoms with Crippen LogP contribution in [0.3, 0.4) is 0 Å². The van der Waals surface area contributed by atoms with Gasteiger partial charge >= 0.3 is 0 Å². The standard InChI is InChI=1S/C15H18F2N4/c1-9-7-13(21-15(2,3)4)20-14(18-9)19-12-6-5-10(16)8-11(12)17/h5-8H,1-4H3,(H2,18,19,20,21). The Labute approximate surface area is 122 Å². The van der Waals surface area contributed by atoms with Gasteiger partial charge in [0.2, 0.25) is 5.95 Å². The molecular formula is C15H18F2N4. The summed E-state index contributed by atoms with van der Waals surface area (Å²) in [4.78, 5) is 8.48. The van der Waals surface area contributed by atoms with Gasteiger partial charge in [0.15, 0.2) is 0 Å². The minimum Gasteiger partial charge on any atom is -0.365 e. The highest BCUT2D eigenvalue weighted by atomic mass is 19.1. The lowest BCUT2D eigenvalue weighted by atomic mass is 10.1. The first kappa shape index (κ1) is 15.2. The lowest BCUT2D eigenvalue weighted by Gasteiger charge is -2.21. The van der Waals surface area contributed by atoms with Crippen LogP contribution in [-0.2, 0) is 0 Å². The summed E-state index contributed by atoms with van der Waals surface area (Å²) < 4.78 is 26.5. The highest BCUT2D eigenvalue weighted by Crippen LogP contribution is 2.21. The topological polar surface area (TPSA) is 49.8 Å². The number of rotatable bonds is 3. The third-order valence-corrected chi connectivity index (χ3v) is 2.53. The first-order valence-corrected chi connectivity index (χ1v) is 6.59. The van der Waals surface area contributed by atoms with Gasteiger partial charge in [-0.2, -0.15) is 4.98 Å². The largest absolute Gasteiger partial charge is 0.365 e. The predicted octanol–water partition coefficient (Wildman–Crippen LogP) is 4.02. The fraction of sp³-hybridized carbons (Fsp3) is 0.333. The van der Waals surface area contributed by atoms with E-state index in [-0.39, 0.29) is 17.2 Å². The van der Waals surface area contributed by atoms with Gasteiger partial charge in [0.1, 0.15) is 17.5 Å². The molecule has 1 aromatic carbocycles. The number of aryl methyl sites for hydroxylation is 1. The highest BCUT2D eigenvalue weighted by molar-refractivity contribution is 5.56. The first-order chi connectivity index (χ1) is 9.73. The minimum absolute atomic E-state index is 0.128. The number of nitrogens with one attached hydrogen (secondary N) is 2. The van der Waals surface area contributed by atoms with Crippen LogP contribution in [0.5, 0.6) is 0 Å². The zero-order valence-corrected chi connectivity index (χ0v) is 12.5. The van der Waals surface area contributed by atoms with Crippen molar-refractivity contribution in [3.8, 4) is 0 Å². The molecule has 0 aliphatic carbocycles. The molecule has 112 valence electrons. The maximum Gasteiger partial charge on any atom is 0.229 e. The Bertz CT molecular complexity index is 651. The van der Waals surface area contributed by atoms with E-state index < -0.39 is 11.6 Å². The molecule has 0 amide bonds. The molecule has 0 spiro atoms. The third kappa shape index (κ3) is 4.37. The van der Waals surface area contributed by atoms with E-state index in [1.165, 1.54) is 12.1 Å². The van der Waals surface area contributed by atoms with E-state index in [1.807, 2.05) is 27.7 Å². The molecule has 2 N–H and O–H groups in total. The fourth-order valence-corrected chi connectivity index (χ4v) is 1.78. The molecule has 0 saturated heterocycles. The van der Waals surface area contributed by atoms with Gasteiger partial charge in [0, 0.05) is 23.4 Å². The second kappa shape index (κ2) is 5.63. The summed E-state index contributed by atoms with van der Waals surface area (Å²) in [7, 11) is 0. The molecule has 0 unspecified atom stereocenters. The normalized spacial score (nSPS) is 11.3. The van der Waals surface area contributed by atoms with E-state index in [1.54, 1.807) is 6.07 Å². The summed E-state index contributed by atoms with van der Waals surface area (Å²) in [6.45, 7) is 7.85. The van der Waals surface area contributed by atoms with Crippen LogP contribution >= 0.6 is 0 Å². The van der Waals surface area contributed by atoms with E-state index >= 15 is 0 Å². The zero-order valence-electron chi connectivity index (χ0n) is 12.5. The van der Waals surface area contributed by atoms with Crippen LogP contribution in [0.2, 0.25) is 0 Å². The van der Waals surface area contributed by atoms with Crippen LogP contribution in [0, 0.1) is 18.6 Å². The van der Waals surface area contributed by atoms with Crippen LogP contribution in [-0.4, -0.2) is 15.5 Å². The highest BCUT2D eigenvalue weighted by Gasteiger charge is 2.12. The molecule has 0 bridgehead atoms. The number of benzene rings is 1. The Morgan fingerprint density at radius 2 is 1.76 bits per heavy atom. The molecule has 1 heterocycles. The second-order valence-corrected chi connectivity index (χ2v) is 5.84. The number of aromatic nitrogens is 2. The van der Waals surface area contributed by atoms with Gasteiger partial charge in [0.05, 0.1) is 5.69 Å². The van der Waals surface area contributed by atoms with Gasteiger partial charge in [-0.05, 0) is 39.8 Å². The minimum atomic E-state index is -0.689. The van der Waals surface area contributed by atoms with Crippen molar-refractivity contribution in [3.05, 3.63) is 41.6 Å². The van der Waals surface area contributed by atoms with E-state index in [2.05, 4.69) is 20.6 Å². The van der Waals surface area contributed by atoms with Crippen molar-refractivity contribution in [1.82, 2.24) is 9.97 Å². The van der Waals surface area contributed by atoms with E-state index in [9.17, 15) is 8.78 Å². The van der Waals surface area contributed by atoms with Crippen LogP contribution in [0.15, 0.2) is 24.3 Å². The Hall–Kier alpha value is -2.24. The Balaban J connectivity index is 2.27. The molecule has 0 radical (unpaired) electrons. The third-order valence-electron chi connectivity index (χ3n) is 2.53. The monoisotopic (exact) mass is 292 g/mol. The molecular weight excluding hydrogens is 274 g/mol. The van der Waals surface area contributed by atoms with Gasteiger partial charge in [-0.25, -0.2) is 13.8 Å². The van der Waals surface area contributed by atoms with Crippen molar-refractivity contribution in [2.24, 2.45) is 0 Å². The first-order valence-electron chi connectivity index (χ1n) is 6.59. The van der Waals surface area contributed by atoms with Gasteiger partial charge in [-0.3, -0.25) is 0 Å². The predicted molar refractivity (Wildman–Crippen MR) is 79.8 cm³/mol. The van der Waals surface area contributed by atoms with E-state index in [0.717, 1.165) is 11.8 Å². The average molecular weight is 292 g/mol. The number of hydrogen-bond acceptors (Lipinski definition) is 4. The van der Waals surface area contributed by atoms with Crippen molar-refractivity contribution in [2.75, 3.05) is 10.6 Å². The maximum atomic E-state index is 13.6. The average Bonchev–Trinajstić information content (AvgIpc) is 2.29.